The number of pyridine rings is 1. The van der Waals surface area contributed by atoms with Crippen LogP contribution in [0.2, 0.25) is 5.02 Å². The summed E-state index contributed by atoms with van der Waals surface area (Å²) in [7, 11) is 0. The quantitative estimate of drug-likeness (QED) is 0.395. The summed E-state index contributed by atoms with van der Waals surface area (Å²) in [5.41, 5.74) is 4.68. The maximum absolute atomic E-state index is 13.4. The molecule has 0 aliphatic rings. The van der Waals surface area contributed by atoms with Gasteiger partial charge in [-0.1, -0.05) is 23.7 Å². The summed E-state index contributed by atoms with van der Waals surface area (Å²) in [6, 6.07) is 14.2. The molecule has 3 aromatic heterocycles. The lowest BCUT2D eigenvalue weighted by Gasteiger charge is -2.11. The first kappa shape index (κ1) is 18.5. The zero-order valence-corrected chi connectivity index (χ0v) is 16.7. The van der Waals surface area contributed by atoms with Crippen LogP contribution in [-0.2, 0) is 13.1 Å². The number of nitrogens with zero attached hydrogens (tertiary/aromatic N) is 5. The van der Waals surface area contributed by atoms with Crippen LogP contribution < -0.4 is 0 Å². The average molecular weight is 418 g/mol. The average Bonchev–Trinajstić information content (AvgIpc) is 3.38. The number of rotatable bonds is 5. The Kier molecular flexibility index (Phi) is 4.77. The van der Waals surface area contributed by atoms with Crippen LogP contribution >= 0.6 is 11.6 Å². The van der Waals surface area contributed by atoms with E-state index in [0.717, 1.165) is 33.5 Å². The molecule has 0 saturated heterocycles. The Morgan fingerprint density at radius 3 is 2.57 bits per heavy atom. The highest BCUT2D eigenvalue weighted by Gasteiger charge is 2.15. The van der Waals surface area contributed by atoms with Crippen LogP contribution in [0.25, 0.3) is 22.4 Å². The minimum atomic E-state index is -0.256. The first-order valence-corrected chi connectivity index (χ1v) is 9.84. The molecule has 0 atom stereocenters. The van der Waals surface area contributed by atoms with E-state index >= 15 is 0 Å². The minimum absolute atomic E-state index is 0.256. The highest BCUT2D eigenvalue weighted by molar-refractivity contribution is 6.31. The van der Waals surface area contributed by atoms with Gasteiger partial charge < -0.3 is 9.13 Å². The monoisotopic (exact) mass is 417 g/mol. The van der Waals surface area contributed by atoms with Crippen molar-refractivity contribution in [1.82, 2.24) is 24.1 Å². The van der Waals surface area contributed by atoms with Crippen molar-refractivity contribution < 1.29 is 4.39 Å². The van der Waals surface area contributed by atoms with E-state index in [1.807, 2.05) is 35.2 Å². The van der Waals surface area contributed by atoms with E-state index < -0.39 is 0 Å². The number of benzene rings is 2. The van der Waals surface area contributed by atoms with Crippen LogP contribution in [0, 0.1) is 5.82 Å². The molecule has 0 unspecified atom stereocenters. The van der Waals surface area contributed by atoms with E-state index in [-0.39, 0.29) is 5.82 Å². The van der Waals surface area contributed by atoms with Gasteiger partial charge in [0.15, 0.2) is 0 Å². The molecule has 5 nitrogen and oxygen atoms in total. The molecular weight excluding hydrogens is 401 g/mol. The molecule has 7 heteroatoms. The van der Waals surface area contributed by atoms with Gasteiger partial charge in [-0.15, -0.1) is 0 Å². The van der Waals surface area contributed by atoms with E-state index in [4.69, 9.17) is 16.6 Å². The Hall–Kier alpha value is -3.51. The molecule has 5 aromatic rings. The van der Waals surface area contributed by atoms with Crippen LogP contribution in [0.1, 0.15) is 11.1 Å². The normalized spacial score (nSPS) is 11.3. The number of hydrogen-bond acceptors (Lipinski definition) is 3. The first-order valence-electron chi connectivity index (χ1n) is 9.46. The number of aromatic nitrogens is 5. The van der Waals surface area contributed by atoms with Gasteiger partial charge in [-0.2, -0.15) is 0 Å². The SMILES string of the molecule is Fc1ccc(Cn2c(-c3cncc(Cn4ccnc4)c3)nc3ccc(Cl)cc32)cc1. The van der Waals surface area contributed by atoms with Crippen molar-refractivity contribution in [3.63, 3.8) is 0 Å². The molecule has 30 heavy (non-hydrogen) atoms. The van der Waals surface area contributed by atoms with Gasteiger partial charge in [0.25, 0.3) is 0 Å². The molecule has 5 rings (SSSR count). The molecule has 148 valence electrons. The molecule has 0 bridgehead atoms. The third-order valence-electron chi connectivity index (χ3n) is 4.94. The van der Waals surface area contributed by atoms with Crippen LogP contribution in [0.4, 0.5) is 4.39 Å². The zero-order chi connectivity index (χ0) is 20.5. The molecule has 0 aliphatic carbocycles. The molecule has 3 heterocycles. The second-order valence-electron chi connectivity index (χ2n) is 7.10. The Morgan fingerprint density at radius 1 is 0.900 bits per heavy atom. The van der Waals surface area contributed by atoms with Crippen LogP contribution in [0.3, 0.4) is 0 Å². The van der Waals surface area contributed by atoms with Crippen LogP contribution in [0.5, 0.6) is 0 Å². The molecule has 0 radical (unpaired) electrons. The molecule has 0 saturated carbocycles. The third kappa shape index (κ3) is 3.69. The molecule has 0 spiro atoms. The second-order valence-corrected chi connectivity index (χ2v) is 7.53. The van der Waals surface area contributed by atoms with Gasteiger partial charge in [0.1, 0.15) is 11.6 Å². The summed E-state index contributed by atoms with van der Waals surface area (Å²) >= 11 is 6.26. The Labute approximate surface area is 177 Å². The lowest BCUT2D eigenvalue weighted by molar-refractivity contribution is 0.626. The first-order chi connectivity index (χ1) is 14.7. The Bertz CT molecular complexity index is 1310. The van der Waals surface area contributed by atoms with Crippen molar-refractivity contribution in [2.75, 3.05) is 0 Å². The van der Waals surface area contributed by atoms with Crippen molar-refractivity contribution >= 4 is 22.6 Å². The van der Waals surface area contributed by atoms with Gasteiger partial charge in [0.2, 0.25) is 0 Å². The number of halogens is 2. The van der Waals surface area contributed by atoms with E-state index in [0.29, 0.717) is 18.1 Å². The van der Waals surface area contributed by atoms with Gasteiger partial charge >= 0.3 is 0 Å². The number of fused-ring (bicyclic) bond motifs is 1. The van der Waals surface area contributed by atoms with Crippen molar-refractivity contribution in [2.24, 2.45) is 0 Å². The van der Waals surface area contributed by atoms with Gasteiger partial charge in [0, 0.05) is 41.9 Å². The van der Waals surface area contributed by atoms with Crippen molar-refractivity contribution in [3.8, 4) is 11.4 Å². The summed E-state index contributed by atoms with van der Waals surface area (Å²) in [5, 5.41) is 0.640. The van der Waals surface area contributed by atoms with E-state index in [9.17, 15) is 4.39 Å². The summed E-state index contributed by atoms with van der Waals surface area (Å²) < 4.78 is 17.4. The smallest absolute Gasteiger partial charge is 0.143 e. The fourth-order valence-electron chi connectivity index (χ4n) is 3.54. The maximum atomic E-state index is 13.4. The number of hydrogen-bond donors (Lipinski definition) is 0. The largest absolute Gasteiger partial charge is 0.333 e. The lowest BCUT2D eigenvalue weighted by atomic mass is 10.1. The van der Waals surface area contributed by atoms with Crippen LogP contribution in [-0.4, -0.2) is 24.1 Å². The summed E-state index contributed by atoms with van der Waals surface area (Å²) in [6.07, 6.45) is 9.09. The van der Waals surface area contributed by atoms with Crippen molar-refractivity contribution in [3.05, 3.63) is 102 Å². The Balaban J connectivity index is 1.60. The van der Waals surface area contributed by atoms with E-state index in [1.165, 1.54) is 12.1 Å². The van der Waals surface area contributed by atoms with Crippen LogP contribution in [0.15, 0.2) is 79.6 Å². The maximum Gasteiger partial charge on any atom is 0.143 e. The molecule has 0 N–H and O–H groups in total. The molecule has 0 fully saturated rings. The molecular formula is C23H17ClFN5. The lowest BCUT2D eigenvalue weighted by Crippen LogP contribution is -2.04. The zero-order valence-electron chi connectivity index (χ0n) is 15.9. The van der Waals surface area contributed by atoms with Gasteiger partial charge in [0.05, 0.1) is 23.9 Å². The van der Waals surface area contributed by atoms with Crippen molar-refractivity contribution in [2.45, 2.75) is 13.1 Å². The predicted molar refractivity (Wildman–Crippen MR) is 115 cm³/mol. The summed E-state index contributed by atoms with van der Waals surface area (Å²) in [6.45, 7) is 1.21. The minimum Gasteiger partial charge on any atom is -0.333 e. The summed E-state index contributed by atoms with van der Waals surface area (Å²) in [5.74, 6) is 0.533. The molecule has 2 aromatic carbocycles. The van der Waals surface area contributed by atoms with Gasteiger partial charge in [-0.3, -0.25) is 4.98 Å². The Morgan fingerprint density at radius 2 is 1.77 bits per heavy atom. The highest BCUT2D eigenvalue weighted by atomic mass is 35.5. The molecule has 0 amide bonds. The molecule has 0 aliphatic heterocycles. The topological polar surface area (TPSA) is 48.5 Å². The predicted octanol–water partition coefficient (Wildman–Crippen LogP) is 5.18. The van der Waals surface area contributed by atoms with E-state index in [2.05, 4.69) is 20.6 Å². The fraction of sp³-hybridized carbons (Fsp3) is 0.0870. The second kappa shape index (κ2) is 7.72. The van der Waals surface area contributed by atoms with Gasteiger partial charge in [-0.25, -0.2) is 14.4 Å². The van der Waals surface area contributed by atoms with E-state index in [1.54, 1.807) is 30.9 Å². The fourth-order valence-corrected chi connectivity index (χ4v) is 3.70. The van der Waals surface area contributed by atoms with Gasteiger partial charge in [-0.05, 0) is 47.5 Å². The summed E-state index contributed by atoms with van der Waals surface area (Å²) in [4.78, 5) is 13.4. The standard InChI is InChI=1S/C23H17ClFN5/c24-19-3-6-21-22(10-19)30(14-16-1-4-20(25)5-2-16)23(28-21)18-9-17(11-27-12-18)13-29-8-7-26-15-29/h1-12,15H,13-14H2. The third-order valence-corrected chi connectivity index (χ3v) is 5.18. The number of imidazole rings is 2. The highest BCUT2D eigenvalue weighted by Crippen LogP contribution is 2.28. The van der Waals surface area contributed by atoms with Crippen molar-refractivity contribution in [1.29, 1.82) is 0 Å².